The minimum Gasteiger partial charge on any atom is -0.382 e. The molecule has 108 valence electrons. The van der Waals surface area contributed by atoms with Crippen molar-refractivity contribution in [1.82, 2.24) is 5.32 Å². The molecule has 4 nitrogen and oxygen atoms in total. The number of rotatable bonds is 6. The van der Waals surface area contributed by atoms with Gasteiger partial charge in [-0.3, -0.25) is 4.79 Å². The van der Waals surface area contributed by atoms with E-state index in [1.54, 1.807) is 7.11 Å². The first kappa shape index (κ1) is 16.0. The summed E-state index contributed by atoms with van der Waals surface area (Å²) in [4.78, 5) is 11.9. The van der Waals surface area contributed by atoms with Gasteiger partial charge >= 0.3 is 0 Å². The zero-order valence-electron chi connectivity index (χ0n) is 12.4. The lowest BCUT2D eigenvalue weighted by molar-refractivity contribution is -0.123. The number of ether oxygens (including phenoxy) is 1. The number of nitriles is 1. The number of hydrogen-bond acceptors (Lipinski definition) is 3. The first-order valence-corrected chi connectivity index (χ1v) is 7.30. The lowest BCUT2D eigenvalue weighted by Crippen LogP contribution is -2.49. The highest BCUT2D eigenvalue weighted by Gasteiger charge is 2.36. The Hall–Kier alpha value is -1.08. The number of hydrogen-bond donors (Lipinski definition) is 1. The number of carbonyl (C=O) groups excluding carboxylic acids is 1. The minimum absolute atomic E-state index is 0.0274. The molecule has 0 spiro atoms. The SMILES string of the molecule is CCC1CCC(C#N)(NC(=O)CCC(C)OC)CC1. The van der Waals surface area contributed by atoms with Crippen LogP contribution in [0.1, 0.15) is 58.8 Å². The maximum atomic E-state index is 11.9. The Kier molecular flexibility index (Phi) is 6.30. The lowest BCUT2D eigenvalue weighted by Gasteiger charge is -2.35. The first-order valence-electron chi connectivity index (χ1n) is 7.30. The lowest BCUT2D eigenvalue weighted by atomic mass is 9.76. The zero-order chi connectivity index (χ0) is 14.3. The molecule has 0 aromatic rings. The second-order valence-electron chi connectivity index (χ2n) is 5.68. The first-order chi connectivity index (χ1) is 9.05. The summed E-state index contributed by atoms with van der Waals surface area (Å²) in [5.74, 6) is 0.687. The number of amides is 1. The summed E-state index contributed by atoms with van der Waals surface area (Å²) in [5.41, 5.74) is -0.626. The topological polar surface area (TPSA) is 62.1 Å². The maximum absolute atomic E-state index is 11.9. The molecule has 1 fully saturated rings. The third-order valence-corrected chi connectivity index (χ3v) is 4.31. The molecular weight excluding hydrogens is 240 g/mol. The van der Waals surface area contributed by atoms with Crippen molar-refractivity contribution in [2.75, 3.05) is 7.11 Å². The van der Waals surface area contributed by atoms with Crippen LogP contribution >= 0.6 is 0 Å². The van der Waals surface area contributed by atoms with E-state index in [4.69, 9.17) is 4.74 Å². The molecule has 0 radical (unpaired) electrons. The molecular formula is C15H26N2O2. The molecule has 1 N–H and O–H groups in total. The Labute approximate surface area is 116 Å². The van der Waals surface area contributed by atoms with Gasteiger partial charge in [-0.2, -0.15) is 5.26 Å². The van der Waals surface area contributed by atoms with Gasteiger partial charge in [-0.05, 0) is 44.9 Å². The van der Waals surface area contributed by atoms with Crippen LogP contribution in [0.2, 0.25) is 0 Å². The Balaban J connectivity index is 2.44. The summed E-state index contributed by atoms with van der Waals surface area (Å²) in [6, 6.07) is 2.33. The summed E-state index contributed by atoms with van der Waals surface area (Å²) < 4.78 is 5.13. The van der Waals surface area contributed by atoms with E-state index >= 15 is 0 Å². The van der Waals surface area contributed by atoms with Crippen LogP contribution in [0.3, 0.4) is 0 Å². The molecule has 0 aliphatic heterocycles. The van der Waals surface area contributed by atoms with E-state index in [0.717, 1.165) is 25.7 Å². The third kappa shape index (κ3) is 4.83. The van der Waals surface area contributed by atoms with Crippen molar-refractivity contribution in [3.05, 3.63) is 0 Å². The minimum atomic E-state index is -0.626. The fourth-order valence-corrected chi connectivity index (χ4v) is 2.62. The maximum Gasteiger partial charge on any atom is 0.221 e. The standard InChI is InChI=1S/C15H26N2O2/c1-4-13-7-9-15(11-16,10-8-13)17-14(18)6-5-12(2)19-3/h12-13H,4-10H2,1-3H3,(H,17,18). The van der Waals surface area contributed by atoms with Crippen molar-refractivity contribution >= 4 is 5.91 Å². The monoisotopic (exact) mass is 266 g/mol. The summed E-state index contributed by atoms with van der Waals surface area (Å²) in [7, 11) is 1.64. The van der Waals surface area contributed by atoms with Crippen LogP contribution in [0.4, 0.5) is 0 Å². The van der Waals surface area contributed by atoms with Gasteiger partial charge in [0, 0.05) is 13.5 Å². The van der Waals surface area contributed by atoms with Crippen LogP contribution in [0.5, 0.6) is 0 Å². The van der Waals surface area contributed by atoms with Gasteiger partial charge in [0.25, 0.3) is 0 Å². The molecule has 0 aromatic heterocycles. The van der Waals surface area contributed by atoms with E-state index < -0.39 is 5.54 Å². The van der Waals surface area contributed by atoms with Gasteiger partial charge in [-0.1, -0.05) is 13.3 Å². The van der Waals surface area contributed by atoms with Crippen LogP contribution in [0.25, 0.3) is 0 Å². The van der Waals surface area contributed by atoms with E-state index in [2.05, 4.69) is 18.3 Å². The van der Waals surface area contributed by atoms with Gasteiger partial charge < -0.3 is 10.1 Å². The molecule has 1 aliphatic carbocycles. The molecule has 1 unspecified atom stereocenters. The predicted octanol–water partition coefficient (Wildman–Crippen LogP) is 2.78. The number of nitrogens with zero attached hydrogens (tertiary/aromatic N) is 1. The van der Waals surface area contributed by atoms with Crippen LogP contribution in [0, 0.1) is 17.2 Å². The van der Waals surface area contributed by atoms with Gasteiger partial charge in [0.15, 0.2) is 0 Å². The van der Waals surface area contributed by atoms with Crippen molar-refractivity contribution in [1.29, 1.82) is 5.26 Å². The van der Waals surface area contributed by atoms with Crippen molar-refractivity contribution in [2.24, 2.45) is 5.92 Å². The van der Waals surface area contributed by atoms with Crippen molar-refractivity contribution in [3.63, 3.8) is 0 Å². The van der Waals surface area contributed by atoms with E-state index in [1.165, 1.54) is 6.42 Å². The molecule has 1 saturated carbocycles. The van der Waals surface area contributed by atoms with Crippen LogP contribution in [-0.2, 0) is 9.53 Å². The molecule has 1 aliphatic rings. The fourth-order valence-electron chi connectivity index (χ4n) is 2.62. The average Bonchev–Trinajstić information content (AvgIpc) is 2.45. The molecule has 0 bridgehead atoms. The average molecular weight is 266 g/mol. The van der Waals surface area contributed by atoms with Gasteiger partial charge in [-0.25, -0.2) is 0 Å². The zero-order valence-corrected chi connectivity index (χ0v) is 12.4. The highest BCUT2D eigenvalue weighted by atomic mass is 16.5. The third-order valence-electron chi connectivity index (χ3n) is 4.31. The van der Waals surface area contributed by atoms with Crippen molar-refractivity contribution in [3.8, 4) is 6.07 Å². The normalized spacial score (nSPS) is 28.4. The van der Waals surface area contributed by atoms with Gasteiger partial charge in [0.1, 0.15) is 5.54 Å². The highest BCUT2D eigenvalue weighted by Crippen LogP contribution is 2.33. The molecule has 0 heterocycles. The quantitative estimate of drug-likeness (QED) is 0.804. The summed E-state index contributed by atoms with van der Waals surface area (Å²) in [5, 5.41) is 12.3. The Morgan fingerprint density at radius 2 is 2.16 bits per heavy atom. The molecule has 19 heavy (non-hydrogen) atoms. The largest absolute Gasteiger partial charge is 0.382 e. The van der Waals surface area contributed by atoms with E-state index in [9.17, 15) is 10.1 Å². The second-order valence-corrected chi connectivity index (χ2v) is 5.68. The smallest absolute Gasteiger partial charge is 0.221 e. The summed E-state index contributed by atoms with van der Waals surface area (Å²) >= 11 is 0. The molecule has 0 saturated heterocycles. The Bertz CT molecular complexity index is 328. The van der Waals surface area contributed by atoms with Crippen LogP contribution < -0.4 is 5.32 Å². The van der Waals surface area contributed by atoms with E-state index in [-0.39, 0.29) is 12.0 Å². The molecule has 0 aromatic carbocycles. The van der Waals surface area contributed by atoms with Crippen LogP contribution in [0.15, 0.2) is 0 Å². The fraction of sp³-hybridized carbons (Fsp3) is 0.867. The molecule has 1 atom stereocenters. The summed E-state index contributed by atoms with van der Waals surface area (Å²) in [6.45, 7) is 4.13. The highest BCUT2D eigenvalue weighted by molar-refractivity contribution is 5.77. The molecule has 1 amide bonds. The van der Waals surface area contributed by atoms with Crippen molar-refractivity contribution in [2.45, 2.75) is 70.4 Å². The van der Waals surface area contributed by atoms with E-state index in [1.807, 2.05) is 6.92 Å². The second kappa shape index (κ2) is 7.49. The molecule has 1 rings (SSSR count). The number of nitrogens with one attached hydrogen (secondary N) is 1. The predicted molar refractivity (Wildman–Crippen MR) is 74.4 cm³/mol. The molecule has 4 heteroatoms. The number of carbonyl (C=O) groups is 1. The summed E-state index contributed by atoms with van der Waals surface area (Å²) in [6.07, 6.45) is 6.02. The number of methoxy groups -OCH3 is 1. The Morgan fingerprint density at radius 3 is 2.63 bits per heavy atom. The van der Waals surface area contributed by atoms with Gasteiger partial charge in [0.2, 0.25) is 5.91 Å². The van der Waals surface area contributed by atoms with Gasteiger partial charge in [-0.15, -0.1) is 0 Å². The van der Waals surface area contributed by atoms with Crippen LogP contribution in [-0.4, -0.2) is 24.7 Å². The van der Waals surface area contributed by atoms with Crippen molar-refractivity contribution < 1.29 is 9.53 Å². The van der Waals surface area contributed by atoms with Gasteiger partial charge in [0.05, 0.1) is 12.2 Å². The Morgan fingerprint density at radius 1 is 1.53 bits per heavy atom. The van der Waals surface area contributed by atoms with E-state index in [0.29, 0.717) is 18.8 Å².